The van der Waals surface area contributed by atoms with Gasteiger partial charge >= 0.3 is 6.61 Å². The van der Waals surface area contributed by atoms with Gasteiger partial charge in [-0.15, -0.1) is 0 Å². The lowest BCUT2D eigenvalue weighted by Crippen LogP contribution is -2.29. The van der Waals surface area contributed by atoms with Crippen molar-refractivity contribution in [3.8, 4) is 11.5 Å². The Morgan fingerprint density at radius 1 is 1.11 bits per heavy atom. The lowest BCUT2D eigenvalue weighted by atomic mass is 9.93. The highest BCUT2D eigenvalue weighted by atomic mass is 19.3. The summed E-state index contributed by atoms with van der Waals surface area (Å²) < 4.78 is 41.8. The van der Waals surface area contributed by atoms with Crippen molar-refractivity contribution in [2.24, 2.45) is 5.16 Å². The summed E-state index contributed by atoms with van der Waals surface area (Å²) in [5, 5.41) is 4.23. The predicted octanol–water partition coefficient (Wildman–Crippen LogP) is 4.67. The lowest BCUT2D eigenvalue weighted by Gasteiger charge is -2.20. The van der Waals surface area contributed by atoms with Gasteiger partial charge in [0, 0.05) is 18.4 Å². The normalized spacial score (nSPS) is 26.1. The van der Waals surface area contributed by atoms with E-state index in [2.05, 4.69) is 9.89 Å². The molecule has 4 rings (SSSR count). The number of alkyl halides is 2. The Hall–Kier alpha value is -1.89. The highest BCUT2D eigenvalue weighted by Gasteiger charge is 2.43. The van der Waals surface area contributed by atoms with Crippen LogP contribution >= 0.6 is 0 Å². The average Bonchev–Trinajstić information content (AvgIpc) is 3.20. The van der Waals surface area contributed by atoms with Crippen molar-refractivity contribution in [1.29, 1.82) is 0 Å². The van der Waals surface area contributed by atoms with E-state index in [1.165, 1.54) is 18.9 Å². The van der Waals surface area contributed by atoms with Crippen LogP contribution in [-0.4, -0.2) is 37.2 Å². The van der Waals surface area contributed by atoms with Gasteiger partial charge in [-0.05, 0) is 43.9 Å². The van der Waals surface area contributed by atoms with E-state index in [9.17, 15) is 8.78 Å². The summed E-state index contributed by atoms with van der Waals surface area (Å²) in [7, 11) is 0. The molecule has 1 saturated carbocycles. The average molecular weight is 381 g/mol. The Balaban J connectivity index is 1.54. The second kappa shape index (κ2) is 8.00. The second-order valence-electron chi connectivity index (χ2n) is 7.56. The van der Waals surface area contributed by atoms with E-state index in [1.54, 1.807) is 12.1 Å². The summed E-state index contributed by atoms with van der Waals surface area (Å²) in [5.41, 5.74) is 1.22. The van der Waals surface area contributed by atoms with E-state index in [0.717, 1.165) is 43.4 Å². The van der Waals surface area contributed by atoms with E-state index in [-0.39, 0.29) is 17.5 Å². The molecule has 1 spiro atoms. The maximum atomic E-state index is 12.8. The molecule has 2 heterocycles. The van der Waals surface area contributed by atoms with E-state index < -0.39 is 6.61 Å². The zero-order valence-electron chi connectivity index (χ0n) is 15.3. The third kappa shape index (κ3) is 4.34. The van der Waals surface area contributed by atoms with Gasteiger partial charge < -0.3 is 19.0 Å². The van der Waals surface area contributed by atoms with Crippen LogP contribution in [0.2, 0.25) is 0 Å². The number of nitrogens with zero attached hydrogens (tertiary/aromatic N) is 1. The molecule has 1 saturated heterocycles. The van der Waals surface area contributed by atoms with Crippen molar-refractivity contribution in [3.63, 3.8) is 0 Å². The van der Waals surface area contributed by atoms with Gasteiger partial charge in [0.25, 0.3) is 0 Å². The van der Waals surface area contributed by atoms with Crippen LogP contribution in [0.1, 0.15) is 56.9 Å². The van der Waals surface area contributed by atoms with E-state index in [1.807, 2.05) is 0 Å². The first kappa shape index (κ1) is 18.5. The molecule has 1 aliphatic carbocycles. The van der Waals surface area contributed by atoms with Crippen molar-refractivity contribution < 1.29 is 27.8 Å². The fourth-order valence-electron chi connectivity index (χ4n) is 3.99. The van der Waals surface area contributed by atoms with Gasteiger partial charge in [-0.3, -0.25) is 0 Å². The van der Waals surface area contributed by atoms with Gasteiger partial charge in [0.1, 0.15) is 0 Å². The van der Waals surface area contributed by atoms with Crippen molar-refractivity contribution in [1.82, 2.24) is 0 Å². The molecule has 1 aromatic rings. The quantitative estimate of drug-likeness (QED) is 0.696. The number of ether oxygens (including phenoxy) is 3. The van der Waals surface area contributed by atoms with Gasteiger partial charge in [0.15, 0.2) is 17.1 Å². The third-order valence-electron chi connectivity index (χ3n) is 5.50. The maximum Gasteiger partial charge on any atom is 0.387 e. The Labute approximate surface area is 157 Å². The summed E-state index contributed by atoms with van der Waals surface area (Å²) in [5.74, 6) is 0.419. The summed E-state index contributed by atoms with van der Waals surface area (Å²) in [6.07, 6.45) is 7.92. The molecule has 1 aromatic carbocycles. The van der Waals surface area contributed by atoms with Crippen LogP contribution in [0.15, 0.2) is 23.4 Å². The Morgan fingerprint density at radius 3 is 2.63 bits per heavy atom. The SMILES string of the molecule is FC(F)Oc1ccc(C2=NOC3(CCOC3)C2)cc1OC1CCCCCC1. The monoisotopic (exact) mass is 381 g/mol. The van der Waals surface area contributed by atoms with Gasteiger partial charge in [-0.1, -0.05) is 18.0 Å². The number of benzene rings is 1. The van der Waals surface area contributed by atoms with Crippen LogP contribution in [0.3, 0.4) is 0 Å². The first-order chi connectivity index (χ1) is 13.1. The molecule has 1 unspecified atom stereocenters. The van der Waals surface area contributed by atoms with Crippen LogP contribution in [-0.2, 0) is 9.57 Å². The Bertz CT molecular complexity index is 681. The smallest absolute Gasteiger partial charge is 0.387 e. The number of hydrogen-bond donors (Lipinski definition) is 0. The summed E-state index contributed by atoms with van der Waals surface area (Å²) >= 11 is 0. The molecular weight excluding hydrogens is 356 g/mol. The van der Waals surface area contributed by atoms with Crippen molar-refractivity contribution >= 4 is 5.71 Å². The maximum absolute atomic E-state index is 12.8. The van der Waals surface area contributed by atoms with Crippen LogP contribution < -0.4 is 9.47 Å². The fraction of sp³-hybridized carbons (Fsp3) is 0.650. The highest BCUT2D eigenvalue weighted by molar-refractivity contribution is 6.02. The van der Waals surface area contributed by atoms with Crippen LogP contribution in [0.25, 0.3) is 0 Å². The molecular formula is C20H25F2NO4. The predicted molar refractivity (Wildman–Crippen MR) is 95.6 cm³/mol. The first-order valence-electron chi connectivity index (χ1n) is 9.72. The molecule has 0 radical (unpaired) electrons. The molecule has 0 bridgehead atoms. The molecule has 5 nitrogen and oxygen atoms in total. The Morgan fingerprint density at radius 2 is 1.93 bits per heavy atom. The van der Waals surface area contributed by atoms with Gasteiger partial charge in [0.2, 0.25) is 0 Å². The minimum Gasteiger partial charge on any atom is -0.487 e. The second-order valence-corrected chi connectivity index (χ2v) is 7.56. The van der Waals surface area contributed by atoms with Crippen molar-refractivity contribution in [3.05, 3.63) is 23.8 Å². The van der Waals surface area contributed by atoms with Crippen molar-refractivity contribution in [2.45, 2.75) is 69.7 Å². The van der Waals surface area contributed by atoms with Gasteiger partial charge in [0.05, 0.1) is 25.0 Å². The number of oxime groups is 1. The van der Waals surface area contributed by atoms with E-state index in [0.29, 0.717) is 25.4 Å². The molecule has 3 aliphatic rings. The minimum atomic E-state index is -2.89. The van der Waals surface area contributed by atoms with Gasteiger partial charge in [-0.2, -0.15) is 8.78 Å². The van der Waals surface area contributed by atoms with Crippen LogP contribution in [0.5, 0.6) is 11.5 Å². The van der Waals surface area contributed by atoms with Crippen LogP contribution in [0, 0.1) is 0 Å². The Kier molecular flexibility index (Phi) is 5.48. The molecule has 148 valence electrons. The molecule has 0 amide bonds. The van der Waals surface area contributed by atoms with Gasteiger partial charge in [-0.25, -0.2) is 0 Å². The third-order valence-corrected chi connectivity index (χ3v) is 5.50. The molecule has 2 fully saturated rings. The molecule has 0 N–H and O–H groups in total. The number of halogens is 2. The summed E-state index contributed by atoms with van der Waals surface area (Å²) in [4.78, 5) is 5.64. The minimum absolute atomic E-state index is 0.0270. The van der Waals surface area contributed by atoms with E-state index >= 15 is 0 Å². The molecule has 0 aromatic heterocycles. The number of rotatable bonds is 5. The summed E-state index contributed by atoms with van der Waals surface area (Å²) in [6.45, 7) is -1.70. The first-order valence-corrected chi connectivity index (χ1v) is 9.72. The molecule has 1 atom stereocenters. The highest BCUT2D eigenvalue weighted by Crippen LogP contribution is 2.37. The van der Waals surface area contributed by atoms with Crippen molar-refractivity contribution in [2.75, 3.05) is 13.2 Å². The zero-order valence-corrected chi connectivity index (χ0v) is 15.3. The molecule has 27 heavy (non-hydrogen) atoms. The lowest BCUT2D eigenvalue weighted by molar-refractivity contribution is -0.0521. The topological polar surface area (TPSA) is 49.3 Å². The standard InChI is InChI=1S/C20H25F2NO4/c21-19(22)26-17-8-7-14(16-12-20(27-23-16)9-10-24-13-20)11-18(17)25-15-5-3-1-2-4-6-15/h7-8,11,15,19H,1-6,9-10,12-13H2. The largest absolute Gasteiger partial charge is 0.487 e. The van der Waals surface area contributed by atoms with E-state index in [4.69, 9.17) is 14.3 Å². The molecule has 2 aliphatic heterocycles. The molecule has 7 heteroatoms. The fourth-order valence-corrected chi connectivity index (χ4v) is 3.99. The zero-order chi connectivity index (χ0) is 18.7. The number of hydrogen-bond acceptors (Lipinski definition) is 5. The summed E-state index contributed by atoms with van der Waals surface area (Å²) in [6, 6.07) is 5.01. The van der Waals surface area contributed by atoms with Crippen LogP contribution in [0.4, 0.5) is 8.78 Å².